The van der Waals surface area contributed by atoms with E-state index in [1.54, 1.807) is 0 Å². The Labute approximate surface area is 215 Å². The van der Waals surface area contributed by atoms with Crippen LogP contribution >= 0.6 is 24.0 Å². The molecule has 1 heterocycles. The van der Waals surface area contributed by atoms with Crippen molar-refractivity contribution in [1.82, 2.24) is 10.6 Å². The van der Waals surface area contributed by atoms with E-state index >= 15 is 0 Å². The quantitative estimate of drug-likeness (QED) is 0.160. The smallest absolute Gasteiger partial charge is 0.191 e. The van der Waals surface area contributed by atoms with Crippen molar-refractivity contribution < 1.29 is 14.2 Å². The largest absolute Gasteiger partial charge is 0.379 e. The molecule has 1 saturated heterocycles. The van der Waals surface area contributed by atoms with Crippen LogP contribution in [0.1, 0.15) is 42.9 Å². The summed E-state index contributed by atoms with van der Waals surface area (Å²) in [7, 11) is 0. The van der Waals surface area contributed by atoms with Gasteiger partial charge in [0, 0.05) is 26.3 Å². The van der Waals surface area contributed by atoms with Gasteiger partial charge in [0.25, 0.3) is 0 Å². The van der Waals surface area contributed by atoms with Crippen LogP contribution in [0.2, 0.25) is 0 Å². The first-order chi connectivity index (χ1) is 15.8. The molecule has 2 aromatic rings. The minimum absolute atomic E-state index is 0. The summed E-state index contributed by atoms with van der Waals surface area (Å²) in [4.78, 5) is 4.77. The number of ether oxygens (including phenoxy) is 3. The van der Waals surface area contributed by atoms with Gasteiger partial charge < -0.3 is 24.8 Å². The zero-order valence-corrected chi connectivity index (χ0v) is 22.0. The second-order valence-electron chi connectivity index (χ2n) is 7.93. The zero-order chi connectivity index (χ0) is 22.3. The molecule has 2 N–H and O–H groups in total. The lowest BCUT2D eigenvalue weighted by Gasteiger charge is -2.13. The number of nitrogens with one attached hydrogen (secondary N) is 2. The predicted octanol–water partition coefficient (Wildman–Crippen LogP) is 4.66. The summed E-state index contributed by atoms with van der Waals surface area (Å²) in [5.41, 5.74) is 3.53. The number of hydrogen-bond acceptors (Lipinski definition) is 4. The van der Waals surface area contributed by atoms with Crippen molar-refractivity contribution in [1.29, 1.82) is 0 Å². The van der Waals surface area contributed by atoms with Crippen LogP contribution in [-0.4, -0.2) is 45.0 Å². The SMILES string of the molecule is CCNC(=NCc1ccccc1COCc1ccccc1)NCCCOCC1CCCO1.I. The molecule has 7 heteroatoms. The third-order valence-corrected chi connectivity index (χ3v) is 5.32. The molecule has 1 fully saturated rings. The predicted molar refractivity (Wildman–Crippen MR) is 144 cm³/mol. The molecule has 0 aromatic heterocycles. The highest BCUT2D eigenvalue weighted by Gasteiger charge is 2.14. The van der Waals surface area contributed by atoms with Gasteiger partial charge in [-0.2, -0.15) is 0 Å². The van der Waals surface area contributed by atoms with E-state index in [4.69, 9.17) is 19.2 Å². The van der Waals surface area contributed by atoms with Crippen molar-refractivity contribution in [2.45, 2.75) is 52.0 Å². The van der Waals surface area contributed by atoms with Crippen molar-refractivity contribution >= 4 is 29.9 Å². The number of aliphatic imine (C=N–C) groups is 1. The van der Waals surface area contributed by atoms with E-state index in [0.717, 1.165) is 51.5 Å². The summed E-state index contributed by atoms with van der Waals surface area (Å²) in [6, 6.07) is 18.6. The van der Waals surface area contributed by atoms with Gasteiger partial charge in [-0.05, 0) is 42.9 Å². The first-order valence-electron chi connectivity index (χ1n) is 11.7. The first-order valence-corrected chi connectivity index (χ1v) is 11.7. The van der Waals surface area contributed by atoms with Gasteiger partial charge in [-0.25, -0.2) is 4.99 Å². The molecule has 1 aliphatic heterocycles. The number of nitrogens with zero attached hydrogens (tertiary/aromatic N) is 1. The summed E-state index contributed by atoms with van der Waals surface area (Å²) >= 11 is 0. The molecular formula is C26H38IN3O3. The van der Waals surface area contributed by atoms with E-state index in [-0.39, 0.29) is 24.0 Å². The van der Waals surface area contributed by atoms with Crippen molar-refractivity contribution in [3.05, 3.63) is 71.3 Å². The number of halogens is 1. The van der Waals surface area contributed by atoms with Crippen LogP contribution in [0.4, 0.5) is 0 Å². The van der Waals surface area contributed by atoms with E-state index < -0.39 is 0 Å². The van der Waals surface area contributed by atoms with E-state index in [1.165, 1.54) is 16.7 Å². The lowest BCUT2D eigenvalue weighted by atomic mass is 10.1. The monoisotopic (exact) mass is 567 g/mol. The highest BCUT2D eigenvalue weighted by atomic mass is 127. The lowest BCUT2D eigenvalue weighted by Crippen LogP contribution is -2.38. The van der Waals surface area contributed by atoms with E-state index in [1.807, 2.05) is 18.2 Å². The summed E-state index contributed by atoms with van der Waals surface area (Å²) in [5, 5.41) is 6.72. The van der Waals surface area contributed by atoms with Crippen LogP contribution in [0.3, 0.4) is 0 Å². The van der Waals surface area contributed by atoms with Gasteiger partial charge in [0.05, 0.1) is 32.5 Å². The fourth-order valence-electron chi connectivity index (χ4n) is 3.58. The van der Waals surface area contributed by atoms with Gasteiger partial charge in [0.1, 0.15) is 0 Å². The molecule has 0 saturated carbocycles. The molecule has 0 aliphatic carbocycles. The highest BCUT2D eigenvalue weighted by molar-refractivity contribution is 14.0. The average Bonchev–Trinajstić information content (AvgIpc) is 3.35. The topological polar surface area (TPSA) is 64.1 Å². The third-order valence-electron chi connectivity index (χ3n) is 5.32. The van der Waals surface area contributed by atoms with Crippen LogP contribution in [-0.2, 0) is 34.0 Å². The molecule has 6 nitrogen and oxygen atoms in total. The average molecular weight is 568 g/mol. The molecule has 0 radical (unpaired) electrons. The number of guanidine groups is 1. The van der Waals surface area contributed by atoms with Gasteiger partial charge in [0.2, 0.25) is 0 Å². The van der Waals surface area contributed by atoms with Gasteiger partial charge in [-0.3, -0.25) is 0 Å². The highest BCUT2D eigenvalue weighted by Crippen LogP contribution is 2.13. The molecule has 0 amide bonds. The molecule has 1 atom stereocenters. The standard InChI is InChI=1S/C26H37N3O3.HI/c1-2-27-26(28-15-9-16-30-21-25-14-8-17-32-25)29-18-23-12-6-7-13-24(23)20-31-19-22-10-4-3-5-11-22;/h3-7,10-13,25H,2,8-9,14-21H2,1H3,(H2,27,28,29);1H. The van der Waals surface area contributed by atoms with E-state index in [9.17, 15) is 0 Å². The molecule has 0 spiro atoms. The van der Waals surface area contributed by atoms with Crippen molar-refractivity contribution in [2.24, 2.45) is 4.99 Å². The van der Waals surface area contributed by atoms with Crippen molar-refractivity contribution in [3.63, 3.8) is 0 Å². The molecule has 33 heavy (non-hydrogen) atoms. The summed E-state index contributed by atoms with van der Waals surface area (Å²) in [6.45, 7) is 7.82. The number of hydrogen-bond donors (Lipinski definition) is 2. The normalized spacial score (nSPS) is 15.8. The number of benzene rings is 2. The zero-order valence-electron chi connectivity index (χ0n) is 19.6. The minimum atomic E-state index is 0. The second-order valence-corrected chi connectivity index (χ2v) is 7.93. The Morgan fingerprint density at radius 1 is 1.00 bits per heavy atom. The Morgan fingerprint density at radius 3 is 2.55 bits per heavy atom. The Bertz CT molecular complexity index is 798. The minimum Gasteiger partial charge on any atom is -0.379 e. The Morgan fingerprint density at radius 2 is 1.79 bits per heavy atom. The Kier molecular flexibility index (Phi) is 14.1. The fourth-order valence-corrected chi connectivity index (χ4v) is 3.58. The van der Waals surface area contributed by atoms with Gasteiger partial charge >= 0.3 is 0 Å². The molecule has 2 aromatic carbocycles. The summed E-state index contributed by atoms with van der Waals surface area (Å²) < 4.78 is 17.3. The maximum absolute atomic E-state index is 5.94. The molecule has 182 valence electrons. The lowest BCUT2D eigenvalue weighted by molar-refractivity contribution is 0.0168. The third kappa shape index (κ3) is 10.9. The number of rotatable bonds is 13. The van der Waals surface area contributed by atoms with Gasteiger partial charge in [-0.15, -0.1) is 24.0 Å². The Hall–Kier alpha value is -1.68. The fraction of sp³-hybridized carbons (Fsp3) is 0.500. The molecule has 0 bridgehead atoms. The first kappa shape index (κ1) is 27.6. The molecule has 1 unspecified atom stereocenters. The molecule has 3 rings (SSSR count). The summed E-state index contributed by atoms with van der Waals surface area (Å²) in [5.74, 6) is 0.826. The molecular weight excluding hydrogens is 529 g/mol. The Balaban J connectivity index is 0.00000385. The van der Waals surface area contributed by atoms with Crippen LogP contribution in [0, 0.1) is 0 Å². The van der Waals surface area contributed by atoms with Crippen LogP contribution < -0.4 is 10.6 Å². The maximum Gasteiger partial charge on any atom is 0.191 e. The van der Waals surface area contributed by atoms with Crippen molar-refractivity contribution in [2.75, 3.05) is 32.9 Å². The van der Waals surface area contributed by atoms with E-state index in [0.29, 0.717) is 32.5 Å². The van der Waals surface area contributed by atoms with Crippen LogP contribution in [0.15, 0.2) is 59.6 Å². The van der Waals surface area contributed by atoms with Crippen LogP contribution in [0.25, 0.3) is 0 Å². The maximum atomic E-state index is 5.94. The van der Waals surface area contributed by atoms with Gasteiger partial charge in [-0.1, -0.05) is 54.6 Å². The second kappa shape index (κ2) is 16.9. The van der Waals surface area contributed by atoms with E-state index in [2.05, 4.69) is 54.0 Å². The van der Waals surface area contributed by atoms with Gasteiger partial charge in [0.15, 0.2) is 5.96 Å². The molecule has 1 aliphatic rings. The van der Waals surface area contributed by atoms with Crippen LogP contribution in [0.5, 0.6) is 0 Å². The van der Waals surface area contributed by atoms with Crippen molar-refractivity contribution in [3.8, 4) is 0 Å². The summed E-state index contributed by atoms with van der Waals surface area (Å²) in [6.07, 6.45) is 3.49.